The predicted octanol–water partition coefficient (Wildman–Crippen LogP) is 2.99. The summed E-state index contributed by atoms with van der Waals surface area (Å²) in [6.45, 7) is 8.82. The molecule has 3 nitrogen and oxygen atoms in total. The molecule has 0 aliphatic rings. The summed E-state index contributed by atoms with van der Waals surface area (Å²) in [5.41, 5.74) is 8.25. The van der Waals surface area contributed by atoms with Gasteiger partial charge in [-0.25, -0.2) is 0 Å². The molecule has 0 aromatic heterocycles. The Balaban J connectivity index is 2.85. The number of aryl methyl sites for hydroxylation is 1. The van der Waals surface area contributed by atoms with Gasteiger partial charge >= 0.3 is 0 Å². The number of nitrogens with two attached hydrogens (primary N) is 1. The number of aliphatic hydroxyl groups excluding tert-OH is 1. The average molecular weight is 265 g/mol. The van der Waals surface area contributed by atoms with E-state index < -0.39 is 6.10 Å². The molecule has 0 heterocycles. The van der Waals surface area contributed by atoms with Crippen molar-refractivity contribution in [3.05, 3.63) is 29.3 Å². The Kier molecular flexibility index (Phi) is 6.32. The minimum absolute atomic E-state index is 0.150. The van der Waals surface area contributed by atoms with Crippen molar-refractivity contribution in [2.75, 3.05) is 6.61 Å². The largest absolute Gasteiger partial charge is 0.494 e. The average Bonchev–Trinajstić information content (AvgIpc) is 2.39. The minimum atomic E-state index is -0.463. The first-order valence-electron chi connectivity index (χ1n) is 7.16. The van der Waals surface area contributed by atoms with Crippen LogP contribution in [0.1, 0.15) is 50.7 Å². The maximum absolute atomic E-state index is 10.1. The lowest BCUT2D eigenvalue weighted by Gasteiger charge is -2.23. The first-order valence-corrected chi connectivity index (χ1v) is 7.16. The lowest BCUT2D eigenvalue weighted by Crippen LogP contribution is -2.34. The van der Waals surface area contributed by atoms with Gasteiger partial charge in [-0.2, -0.15) is 0 Å². The van der Waals surface area contributed by atoms with Gasteiger partial charge in [0.15, 0.2) is 0 Å². The van der Waals surface area contributed by atoms with E-state index in [4.69, 9.17) is 10.5 Å². The molecule has 0 aliphatic carbocycles. The van der Waals surface area contributed by atoms with Crippen LogP contribution in [-0.2, 0) is 0 Å². The fourth-order valence-electron chi connectivity index (χ4n) is 2.28. The molecule has 19 heavy (non-hydrogen) atoms. The van der Waals surface area contributed by atoms with Crippen molar-refractivity contribution >= 4 is 0 Å². The second kappa shape index (κ2) is 7.51. The molecule has 0 spiro atoms. The zero-order chi connectivity index (χ0) is 14.4. The van der Waals surface area contributed by atoms with Crippen LogP contribution in [0, 0.1) is 6.92 Å². The number of ether oxygens (including phenoxy) is 1. The highest BCUT2D eigenvalue weighted by atomic mass is 16.5. The van der Waals surface area contributed by atoms with Crippen LogP contribution in [0.3, 0.4) is 0 Å². The maximum Gasteiger partial charge on any atom is 0.122 e. The van der Waals surface area contributed by atoms with E-state index in [0.29, 0.717) is 13.0 Å². The minimum Gasteiger partial charge on any atom is -0.494 e. The quantitative estimate of drug-likeness (QED) is 0.797. The molecule has 3 N–H and O–H groups in total. The number of rotatable bonds is 7. The molecule has 0 saturated carbocycles. The van der Waals surface area contributed by atoms with Crippen LogP contribution in [0.5, 0.6) is 5.75 Å². The molecule has 1 aromatic carbocycles. The molecule has 3 heteroatoms. The van der Waals surface area contributed by atoms with Gasteiger partial charge in [0, 0.05) is 6.04 Å². The fraction of sp³-hybridized carbons (Fsp3) is 0.625. The molecule has 108 valence electrons. The van der Waals surface area contributed by atoms with Gasteiger partial charge in [0.25, 0.3) is 0 Å². The van der Waals surface area contributed by atoms with Gasteiger partial charge in [-0.3, -0.25) is 0 Å². The van der Waals surface area contributed by atoms with Crippen molar-refractivity contribution in [2.45, 2.75) is 58.6 Å². The van der Waals surface area contributed by atoms with Crippen LogP contribution in [0.4, 0.5) is 0 Å². The highest BCUT2D eigenvalue weighted by molar-refractivity contribution is 5.39. The monoisotopic (exact) mass is 265 g/mol. The Morgan fingerprint density at radius 2 is 2.00 bits per heavy atom. The summed E-state index contributed by atoms with van der Waals surface area (Å²) in [6.07, 6.45) is 0.994. The van der Waals surface area contributed by atoms with Gasteiger partial charge in [0.1, 0.15) is 5.75 Å². The lowest BCUT2D eigenvalue weighted by atomic mass is 9.90. The van der Waals surface area contributed by atoms with Gasteiger partial charge in [-0.1, -0.05) is 31.5 Å². The zero-order valence-electron chi connectivity index (χ0n) is 12.5. The summed E-state index contributed by atoms with van der Waals surface area (Å²) in [7, 11) is 0. The topological polar surface area (TPSA) is 55.5 Å². The van der Waals surface area contributed by atoms with Gasteiger partial charge in [-0.05, 0) is 44.2 Å². The van der Waals surface area contributed by atoms with E-state index in [9.17, 15) is 5.11 Å². The zero-order valence-corrected chi connectivity index (χ0v) is 12.5. The van der Waals surface area contributed by atoms with E-state index in [-0.39, 0.29) is 12.0 Å². The molecule has 1 aromatic rings. The second-order valence-corrected chi connectivity index (χ2v) is 5.25. The van der Waals surface area contributed by atoms with Crippen LogP contribution >= 0.6 is 0 Å². The van der Waals surface area contributed by atoms with E-state index in [1.165, 1.54) is 5.56 Å². The van der Waals surface area contributed by atoms with E-state index in [0.717, 1.165) is 17.7 Å². The lowest BCUT2D eigenvalue weighted by molar-refractivity contribution is 0.126. The molecule has 3 unspecified atom stereocenters. The third-order valence-electron chi connectivity index (χ3n) is 3.56. The van der Waals surface area contributed by atoms with E-state index in [1.807, 2.05) is 19.9 Å². The summed E-state index contributed by atoms with van der Waals surface area (Å²) in [6, 6.07) is 6.05. The number of hydrogen-bond acceptors (Lipinski definition) is 3. The summed E-state index contributed by atoms with van der Waals surface area (Å²) in [4.78, 5) is 0. The molecule has 0 bridgehead atoms. The first kappa shape index (κ1) is 16.0. The van der Waals surface area contributed by atoms with Crippen molar-refractivity contribution in [1.82, 2.24) is 0 Å². The highest BCUT2D eigenvalue weighted by Gasteiger charge is 2.19. The third kappa shape index (κ3) is 4.51. The summed E-state index contributed by atoms with van der Waals surface area (Å²) in [5.74, 6) is 1.15. The van der Waals surface area contributed by atoms with Gasteiger partial charge in [0.2, 0.25) is 0 Å². The molecule has 0 fully saturated rings. The second-order valence-electron chi connectivity index (χ2n) is 5.25. The van der Waals surface area contributed by atoms with Crippen LogP contribution in [-0.4, -0.2) is 23.9 Å². The molecular formula is C16H27NO2. The Hall–Kier alpha value is -1.06. The number of benzene rings is 1. The molecular weight excluding hydrogens is 238 g/mol. The van der Waals surface area contributed by atoms with Crippen molar-refractivity contribution < 1.29 is 9.84 Å². The van der Waals surface area contributed by atoms with Crippen molar-refractivity contribution in [2.24, 2.45) is 5.73 Å². The van der Waals surface area contributed by atoms with E-state index >= 15 is 0 Å². The van der Waals surface area contributed by atoms with E-state index in [1.54, 1.807) is 0 Å². The van der Waals surface area contributed by atoms with Crippen LogP contribution in [0.15, 0.2) is 18.2 Å². The SMILES string of the molecule is CCOc1ccc(C)cc1C(C)CC(O)C(N)CC. The fourth-order valence-corrected chi connectivity index (χ4v) is 2.28. The van der Waals surface area contributed by atoms with Crippen LogP contribution in [0.25, 0.3) is 0 Å². The normalized spacial score (nSPS) is 15.9. The van der Waals surface area contributed by atoms with Gasteiger partial charge < -0.3 is 15.6 Å². The van der Waals surface area contributed by atoms with Gasteiger partial charge in [0.05, 0.1) is 12.7 Å². The Labute approximate surface area is 116 Å². The predicted molar refractivity (Wildman–Crippen MR) is 79.7 cm³/mol. The Bertz CT molecular complexity index is 392. The molecule has 0 aliphatic heterocycles. The summed E-state index contributed by atoms with van der Waals surface area (Å²) < 4.78 is 5.67. The molecule has 1 rings (SSSR count). The first-order chi connectivity index (χ1) is 8.99. The standard InChI is InChI=1S/C16H27NO2/c1-5-14(17)15(18)10-12(4)13-9-11(3)7-8-16(13)19-6-2/h7-9,12,14-15,18H,5-6,10,17H2,1-4H3. The number of hydrogen-bond donors (Lipinski definition) is 2. The van der Waals surface area contributed by atoms with E-state index in [2.05, 4.69) is 26.0 Å². The summed E-state index contributed by atoms with van der Waals surface area (Å²) in [5, 5.41) is 10.1. The molecule has 3 atom stereocenters. The molecule has 0 saturated heterocycles. The Morgan fingerprint density at radius 1 is 1.32 bits per heavy atom. The van der Waals surface area contributed by atoms with Crippen molar-refractivity contribution in [1.29, 1.82) is 0 Å². The number of aliphatic hydroxyl groups is 1. The Morgan fingerprint density at radius 3 is 2.58 bits per heavy atom. The van der Waals surface area contributed by atoms with Crippen molar-refractivity contribution in [3.8, 4) is 5.75 Å². The molecule has 0 amide bonds. The van der Waals surface area contributed by atoms with Crippen molar-refractivity contribution in [3.63, 3.8) is 0 Å². The van der Waals surface area contributed by atoms with Crippen LogP contribution < -0.4 is 10.5 Å². The smallest absolute Gasteiger partial charge is 0.122 e. The summed E-state index contributed by atoms with van der Waals surface area (Å²) >= 11 is 0. The van der Waals surface area contributed by atoms with Gasteiger partial charge in [-0.15, -0.1) is 0 Å². The maximum atomic E-state index is 10.1. The van der Waals surface area contributed by atoms with Crippen LogP contribution in [0.2, 0.25) is 0 Å². The molecule has 0 radical (unpaired) electrons. The third-order valence-corrected chi connectivity index (χ3v) is 3.56. The highest BCUT2D eigenvalue weighted by Crippen LogP contribution is 2.31.